The molecule has 1 atom stereocenters. The third kappa shape index (κ3) is 15.4. The zero-order valence-electron chi connectivity index (χ0n) is 43.3. The maximum Gasteiger partial charge on any atom is 0.281 e. The van der Waals surface area contributed by atoms with E-state index in [1.807, 2.05) is 12.1 Å². The summed E-state index contributed by atoms with van der Waals surface area (Å²) < 4.78 is 55.7. The summed E-state index contributed by atoms with van der Waals surface area (Å²) in [7, 11) is 0. The number of aliphatic imine (C=N–C) groups is 1. The normalized spacial score (nSPS) is 17.3. The van der Waals surface area contributed by atoms with E-state index in [0.29, 0.717) is 145 Å². The van der Waals surface area contributed by atoms with Gasteiger partial charge >= 0.3 is 0 Å². The summed E-state index contributed by atoms with van der Waals surface area (Å²) in [6.07, 6.45) is 1.87. The molecule has 3 saturated heterocycles. The minimum Gasteiger partial charge on any atom is -0.398 e. The molecule has 78 heavy (non-hydrogen) atoms. The maximum absolute atomic E-state index is 13.9. The van der Waals surface area contributed by atoms with Crippen molar-refractivity contribution in [2.24, 2.45) is 10.7 Å². The number of fused-ring (bicyclic) bond motifs is 1. The van der Waals surface area contributed by atoms with E-state index in [2.05, 4.69) is 36.1 Å². The Kier molecular flexibility index (Phi) is 20.2. The number of hydrogen-bond donors (Lipinski definition) is 6. The molecule has 8 N–H and O–H groups in total. The van der Waals surface area contributed by atoms with Gasteiger partial charge in [-0.15, -0.1) is 0 Å². The lowest BCUT2D eigenvalue weighted by Gasteiger charge is -2.36. The molecule has 21 nitrogen and oxygen atoms in total. The number of amides is 6. The molecule has 0 spiro atoms. The van der Waals surface area contributed by atoms with Crippen LogP contribution in [0.1, 0.15) is 73.4 Å². The molecule has 4 heterocycles. The number of hydrogen-bond acceptors (Lipinski definition) is 16. The van der Waals surface area contributed by atoms with Crippen LogP contribution in [-0.4, -0.2) is 175 Å². The molecule has 0 bridgehead atoms. The molecule has 8 rings (SSSR count). The van der Waals surface area contributed by atoms with Crippen LogP contribution in [0.5, 0.6) is 0 Å². The summed E-state index contributed by atoms with van der Waals surface area (Å²) in [6, 6.07) is 17.8. The smallest absolute Gasteiger partial charge is 0.281 e. The van der Waals surface area contributed by atoms with Gasteiger partial charge < -0.3 is 56.0 Å². The number of ether oxygens (including phenoxy) is 5. The predicted octanol–water partition coefficient (Wildman–Crippen LogP) is 3.09. The predicted molar refractivity (Wildman–Crippen MR) is 286 cm³/mol. The molecule has 0 saturated carbocycles. The van der Waals surface area contributed by atoms with E-state index < -0.39 is 47.2 Å². The van der Waals surface area contributed by atoms with Crippen molar-refractivity contribution in [3.05, 3.63) is 118 Å². The average molecular weight is 1080 g/mol. The number of benzene rings is 4. The summed E-state index contributed by atoms with van der Waals surface area (Å²) in [5.41, 5.74) is 17.1. The highest BCUT2D eigenvalue weighted by Gasteiger charge is 2.45. The molecule has 4 aromatic carbocycles. The fourth-order valence-electron chi connectivity index (χ4n) is 9.58. The molecular weight excluding hydrogens is 1010 g/mol. The van der Waals surface area contributed by atoms with Gasteiger partial charge in [0.05, 0.1) is 76.1 Å². The van der Waals surface area contributed by atoms with Gasteiger partial charge in [0.2, 0.25) is 17.7 Å². The Bertz CT molecular complexity index is 2820. The number of nitrogens with one attached hydrogen (secondary N) is 4. The fourth-order valence-corrected chi connectivity index (χ4v) is 9.58. The number of rotatable bonds is 26. The number of nitrogens with zero attached hydrogens (tertiary/aromatic N) is 4. The molecule has 416 valence electrons. The Morgan fingerprint density at radius 3 is 2.10 bits per heavy atom. The lowest BCUT2D eigenvalue weighted by atomic mass is 10.0. The highest BCUT2D eigenvalue weighted by molar-refractivity contribution is 6.25. The number of imide groups is 2. The zero-order chi connectivity index (χ0) is 55.0. The van der Waals surface area contributed by atoms with Crippen LogP contribution in [0.2, 0.25) is 0 Å². The van der Waals surface area contributed by atoms with Crippen LogP contribution in [0.4, 0.5) is 31.5 Å². The second kappa shape index (κ2) is 27.8. The van der Waals surface area contributed by atoms with Gasteiger partial charge in [0, 0.05) is 99.3 Å². The minimum absolute atomic E-state index is 0.0461. The molecule has 6 amide bonds. The third-order valence-corrected chi connectivity index (χ3v) is 13.6. The lowest BCUT2D eigenvalue weighted by Crippen LogP contribution is -2.54. The Hall–Kier alpha value is -7.41. The number of piperazine rings is 1. The van der Waals surface area contributed by atoms with Gasteiger partial charge in [0.1, 0.15) is 23.5 Å². The molecule has 0 aliphatic carbocycles. The Morgan fingerprint density at radius 1 is 0.731 bits per heavy atom. The van der Waals surface area contributed by atoms with Crippen LogP contribution >= 0.6 is 0 Å². The van der Waals surface area contributed by atoms with E-state index in [4.69, 9.17) is 35.2 Å². The van der Waals surface area contributed by atoms with E-state index in [9.17, 15) is 37.5 Å². The standard InChI is InChI=1S/C55H66F2N10O11/c56-37-29-36(30-38(57)32-37)28-35-4-7-44(58)43(31-35)51(59)64-52(70)41-6-5-40(33-46(41)62-39-10-18-74-19-11-39)66-16-14-65(15-17-66)34-49(69)61-13-21-76-23-25-78-27-26-77-24-22-75-20-12-60-45-3-1-2-42-50(45)55(73)67(54(42)72)47-8-9-48(68)63-53(47)71/h1-7,29-33,39,47,60,62H,8-28,34,58H2,(H,61,69)(H2,59,64,70)(H,63,68,71). The summed E-state index contributed by atoms with van der Waals surface area (Å²) in [5.74, 6) is -4.36. The number of piperidine rings is 1. The van der Waals surface area contributed by atoms with Crippen molar-refractivity contribution >= 4 is 64.0 Å². The first-order valence-corrected chi connectivity index (χ1v) is 26.1. The quantitative estimate of drug-likeness (QED) is 0.0173. The van der Waals surface area contributed by atoms with Crippen LogP contribution in [0.15, 0.2) is 77.8 Å². The first-order chi connectivity index (χ1) is 37.8. The number of anilines is 4. The van der Waals surface area contributed by atoms with Crippen LogP contribution in [0.3, 0.4) is 0 Å². The van der Waals surface area contributed by atoms with Gasteiger partial charge in [0.25, 0.3) is 17.7 Å². The molecular formula is C55H66F2N10O11. The van der Waals surface area contributed by atoms with Gasteiger partial charge in [0.15, 0.2) is 0 Å². The van der Waals surface area contributed by atoms with Crippen molar-refractivity contribution in [3.8, 4) is 0 Å². The van der Waals surface area contributed by atoms with Gasteiger partial charge in [-0.3, -0.25) is 43.9 Å². The van der Waals surface area contributed by atoms with Crippen molar-refractivity contribution in [1.29, 1.82) is 0 Å². The second-order valence-electron chi connectivity index (χ2n) is 19.1. The van der Waals surface area contributed by atoms with E-state index >= 15 is 0 Å². The second-order valence-corrected chi connectivity index (χ2v) is 19.1. The number of halogens is 2. The number of carbonyl (C=O) groups is 6. The highest BCUT2D eigenvalue weighted by atomic mass is 19.1. The van der Waals surface area contributed by atoms with Gasteiger partial charge in [-0.25, -0.2) is 8.78 Å². The molecule has 4 aromatic rings. The van der Waals surface area contributed by atoms with Crippen molar-refractivity contribution in [1.82, 2.24) is 20.4 Å². The van der Waals surface area contributed by atoms with Gasteiger partial charge in [-0.1, -0.05) is 12.1 Å². The van der Waals surface area contributed by atoms with E-state index in [1.165, 1.54) is 18.2 Å². The largest absolute Gasteiger partial charge is 0.398 e. The van der Waals surface area contributed by atoms with Gasteiger partial charge in [-0.05, 0) is 91.4 Å². The van der Waals surface area contributed by atoms with Crippen molar-refractivity contribution in [3.63, 3.8) is 0 Å². The Labute approximate surface area is 450 Å². The Morgan fingerprint density at radius 2 is 1.41 bits per heavy atom. The van der Waals surface area contributed by atoms with Crippen LogP contribution < -0.4 is 37.6 Å². The first kappa shape index (κ1) is 56.8. The van der Waals surface area contributed by atoms with Crippen molar-refractivity contribution in [2.45, 2.75) is 44.2 Å². The van der Waals surface area contributed by atoms with Gasteiger partial charge in [-0.2, -0.15) is 4.99 Å². The number of nitrogen functional groups attached to an aromatic ring is 1. The summed E-state index contributed by atoms with van der Waals surface area (Å²) in [4.78, 5) is 86.4. The number of amidine groups is 1. The van der Waals surface area contributed by atoms with Crippen molar-refractivity contribution < 1.29 is 61.2 Å². The first-order valence-electron chi connectivity index (χ1n) is 26.1. The van der Waals surface area contributed by atoms with Crippen LogP contribution in [0.25, 0.3) is 0 Å². The average Bonchev–Trinajstić information content (AvgIpc) is 3.91. The topological polar surface area (TPSA) is 271 Å². The SMILES string of the molecule is NC(=NC(=O)c1ccc(N2CCN(CC(=O)NCCOCCOCCOCCOCCNc3cccc4c3C(=O)N(C3CCC(=O)NC3=O)C4=O)CC2)cc1NC1CCOCC1)c1cc(Cc2cc(F)cc(F)c2)ccc1N. The summed E-state index contributed by atoms with van der Waals surface area (Å²) in [6.45, 7) is 7.50. The van der Waals surface area contributed by atoms with E-state index in [0.717, 1.165) is 29.5 Å². The zero-order valence-corrected chi connectivity index (χ0v) is 43.3. The van der Waals surface area contributed by atoms with Crippen LogP contribution in [0, 0.1) is 11.6 Å². The minimum atomic E-state index is -1.04. The molecule has 4 aliphatic rings. The molecule has 3 fully saturated rings. The van der Waals surface area contributed by atoms with E-state index in [-0.39, 0.29) is 54.7 Å². The maximum atomic E-state index is 13.9. The fraction of sp³-hybridized carbons (Fsp3) is 0.436. The summed E-state index contributed by atoms with van der Waals surface area (Å²) >= 11 is 0. The molecule has 0 aromatic heterocycles. The van der Waals surface area contributed by atoms with E-state index in [1.54, 1.807) is 36.4 Å². The molecule has 1 unspecified atom stereocenters. The monoisotopic (exact) mass is 1080 g/mol. The highest BCUT2D eigenvalue weighted by Crippen LogP contribution is 2.33. The molecule has 23 heteroatoms. The van der Waals surface area contributed by atoms with Crippen LogP contribution in [-0.2, 0) is 44.5 Å². The molecule has 4 aliphatic heterocycles. The summed E-state index contributed by atoms with van der Waals surface area (Å²) in [5, 5.41) is 11.8. The Balaban J connectivity index is 0.678. The third-order valence-electron chi connectivity index (χ3n) is 13.6. The molecule has 0 radical (unpaired) electrons. The van der Waals surface area contributed by atoms with Crippen molar-refractivity contribution in [2.75, 3.05) is 133 Å². The lowest BCUT2D eigenvalue weighted by molar-refractivity contribution is -0.136. The number of nitrogens with two attached hydrogens (primary N) is 2. The number of carbonyl (C=O) groups excluding carboxylic acids is 6.